The van der Waals surface area contributed by atoms with Crippen LogP contribution in [-0.4, -0.2) is 45.9 Å². The van der Waals surface area contributed by atoms with Crippen LogP contribution in [0.25, 0.3) is 0 Å². The molecule has 168 valence electrons. The van der Waals surface area contributed by atoms with Crippen molar-refractivity contribution < 1.29 is 9.53 Å². The number of anilines is 3. The minimum atomic E-state index is -0.208. The molecule has 2 N–H and O–H groups in total. The van der Waals surface area contributed by atoms with Crippen LogP contribution in [0.1, 0.15) is 30.7 Å². The van der Waals surface area contributed by atoms with Gasteiger partial charge in [-0.25, -0.2) is 9.97 Å². The summed E-state index contributed by atoms with van der Waals surface area (Å²) >= 11 is 0. The molecule has 0 aromatic carbocycles. The second kappa shape index (κ2) is 8.86. The first-order chi connectivity index (χ1) is 15.4. The Morgan fingerprint density at radius 3 is 2.91 bits per heavy atom. The number of fused-ring (bicyclic) bond motifs is 1. The first-order valence-corrected chi connectivity index (χ1v) is 10.7. The molecule has 0 radical (unpaired) electrons. The molecule has 4 heterocycles. The number of likely N-dealkylation sites (N-methyl/N-ethyl adjacent to an activating group) is 1. The normalized spacial score (nSPS) is 15.5. The molecule has 1 aliphatic heterocycles. The van der Waals surface area contributed by atoms with Gasteiger partial charge >= 0.3 is 0 Å². The number of carbonyl (C=O) groups is 1. The molecule has 0 fully saturated rings. The van der Waals surface area contributed by atoms with Gasteiger partial charge in [-0.1, -0.05) is 19.9 Å². The molecule has 3 aromatic heterocycles. The summed E-state index contributed by atoms with van der Waals surface area (Å²) in [4.78, 5) is 23.4. The third-order valence-electron chi connectivity index (χ3n) is 5.66. The number of hydrogen-bond acceptors (Lipinski definition) is 7. The van der Waals surface area contributed by atoms with Crippen molar-refractivity contribution in [1.29, 1.82) is 0 Å². The summed E-state index contributed by atoms with van der Waals surface area (Å²) in [5, 5.41) is 10.9. The van der Waals surface area contributed by atoms with E-state index in [1.807, 2.05) is 54.1 Å². The van der Waals surface area contributed by atoms with Gasteiger partial charge in [-0.3, -0.25) is 9.48 Å². The second-order valence-electron chi connectivity index (χ2n) is 8.35. The van der Waals surface area contributed by atoms with Gasteiger partial charge in [0.15, 0.2) is 0 Å². The van der Waals surface area contributed by atoms with Crippen molar-refractivity contribution >= 4 is 23.1 Å². The number of hydrogen-bond donors (Lipinski definition) is 2. The maximum atomic E-state index is 12.5. The molecule has 1 atom stereocenters. The highest BCUT2D eigenvalue weighted by Crippen LogP contribution is 2.36. The molecule has 9 heteroatoms. The topological polar surface area (TPSA) is 97.2 Å². The number of aryl methyl sites for hydroxylation is 1. The number of aromatic nitrogens is 4. The van der Waals surface area contributed by atoms with Crippen molar-refractivity contribution in [2.45, 2.75) is 39.9 Å². The fourth-order valence-corrected chi connectivity index (χ4v) is 4.13. The van der Waals surface area contributed by atoms with E-state index in [0.717, 1.165) is 34.0 Å². The minimum absolute atomic E-state index is 0.0123. The van der Waals surface area contributed by atoms with Crippen LogP contribution < -0.4 is 20.3 Å². The zero-order valence-electron chi connectivity index (χ0n) is 19.1. The van der Waals surface area contributed by atoms with Crippen LogP contribution in [0, 0.1) is 12.8 Å². The Bertz CT molecular complexity index is 1130. The molecule has 0 aliphatic carbocycles. The molecular formula is C23H29N7O2. The molecular weight excluding hydrogens is 406 g/mol. The third kappa shape index (κ3) is 4.23. The Hall–Kier alpha value is -3.62. The molecule has 9 nitrogen and oxygen atoms in total. The lowest BCUT2D eigenvalue weighted by Crippen LogP contribution is -2.49. The Labute approximate surface area is 187 Å². The van der Waals surface area contributed by atoms with Crippen LogP contribution in [0.5, 0.6) is 5.88 Å². The van der Waals surface area contributed by atoms with Crippen LogP contribution in [0.2, 0.25) is 0 Å². The fourth-order valence-electron chi connectivity index (χ4n) is 4.13. The van der Waals surface area contributed by atoms with Crippen LogP contribution in [0.4, 0.5) is 17.2 Å². The Morgan fingerprint density at radius 1 is 1.34 bits per heavy atom. The molecule has 32 heavy (non-hydrogen) atoms. The van der Waals surface area contributed by atoms with Gasteiger partial charge < -0.3 is 20.3 Å². The summed E-state index contributed by atoms with van der Waals surface area (Å²) in [6.07, 6.45) is 5.54. The number of ether oxygens (including phenoxy) is 1. The maximum absolute atomic E-state index is 12.5. The number of amides is 1. The minimum Gasteiger partial charge on any atom is -0.481 e. The lowest BCUT2D eigenvalue weighted by molar-refractivity contribution is -0.118. The van der Waals surface area contributed by atoms with E-state index in [2.05, 4.69) is 39.5 Å². The van der Waals surface area contributed by atoms with Gasteiger partial charge in [-0.15, -0.1) is 0 Å². The molecule has 3 aromatic rings. The second-order valence-corrected chi connectivity index (χ2v) is 8.35. The van der Waals surface area contributed by atoms with Crippen molar-refractivity contribution in [3.8, 4) is 5.88 Å². The van der Waals surface area contributed by atoms with E-state index in [1.165, 1.54) is 0 Å². The molecule has 1 unspecified atom stereocenters. The van der Waals surface area contributed by atoms with E-state index in [0.29, 0.717) is 19.0 Å². The average molecular weight is 436 g/mol. The van der Waals surface area contributed by atoms with Gasteiger partial charge in [0.05, 0.1) is 36.9 Å². The van der Waals surface area contributed by atoms with Crippen LogP contribution in [0.3, 0.4) is 0 Å². The monoisotopic (exact) mass is 435 g/mol. The number of pyridine rings is 2. The van der Waals surface area contributed by atoms with E-state index >= 15 is 0 Å². The number of nitrogens with zero attached hydrogens (tertiary/aromatic N) is 5. The van der Waals surface area contributed by atoms with Crippen molar-refractivity contribution in [2.75, 3.05) is 29.7 Å². The number of carbonyl (C=O) groups excluding carboxylic acids is 1. The molecule has 0 bridgehead atoms. The highest BCUT2D eigenvalue weighted by molar-refractivity contribution is 6.04. The summed E-state index contributed by atoms with van der Waals surface area (Å²) in [7, 11) is 3.58. The highest BCUT2D eigenvalue weighted by Gasteiger charge is 2.34. The largest absolute Gasteiger partial charge is 0.481 e. The summed E-state index contributed by atoms with van der Waals surface area (Å²) in [5.74, 6) is 1.57. The lowest BCUT2D eigenvalue weighted by atomic mass is 9.98. The van der Waals surface area contributed by atoms with Crippen molar-refractivity contribution in [1.82, 2.24) is 19.7 Å². The highest BCUT2D eigenvalue weighted by atomic mass is 16.5. The quantitative estimate of drug-likeness (QED) is 0.589. The molecule has 1 amide bonds. The summed E-state index contributed by atoms with van der Waals surface area (Å²) < 4.78 is 7.18. The number of methoxy groups -OCH3 is 1. The Kier molecular flexibility index (Phi) is 5.98. The molecule has 4 rings (SSSR count). The first kappa shape index (κ1) is 21.6. The SMILES string of the molecule is COc1ncccc1Cn1cc(CNc2cc3c(c(C)n2)NC(=O)C(C(C)C)N3C)cn1. The molecule has 0 spiro atoms. The fraction of sp³-hybridized carbons (Fsp3) is 0.391. The van der Waals surface area contributed by atoms with E-state index in [9.17, 15) is 4.79 Å². The van der Waals surface area contributed by atoms with E-state index in [1.54, 1.807) is 13.3 Å². The molecule has 1 aliphatic rings. The maximum Gasteiger partial charge on any atom is 0.247 e. The standard InChI is InChI=1S/C23H29N7O2/c1-14(2)21-22(31)28-20-15(3)27-19(9-18(20)29(21)4)25-10-16-11-26-30(12-16)13-17-7-6-8-24-23(17)32-5/h6-9,11-12,14,21H,10,13H2,1-5H3,(H,25,27)(H,28,31). The van der Waals surface area contributed by atoms with E-state index < -0.39 is 0 Å². The smallest absolute Gasteiger partial charge is 0.247 e. The molecule has 0 saturated carbocycles. The average Bonchev–Trinajstić information content (AvgIpc) is 3.20. The summed E-state index contributed by atoms with van der Waals surface area (Å²) in [6.45, 7) is 7.18. The number of rotatable bonds is 7. The summed E-state index contributed by atoms with van der Waals surface area (Å²) in [6, 6.07) is 5.64. The van der Waals surface area contributed by atoms with Crippen LogP contribution >= 0.6 is 0 Å². The van der Waals surface area contributed by atoms with Crippen molar-refractivity contribution in [3.05, 3.63) is 53.6 Å². The van der Waals surface area contributed by atoms with Gasteiger partial charge in [0.2, 0.25) is 11.8 Å². The van der Waals surface area contributed by atoms with E-state index in [-0.39, 0.29) is 17.9 Å². The first-order valence-electron chi connectivity index (χ1n) is 10.7. The van der Waals surface area contributed by atoms with E-state index in [4.69, 9.17) is 4.74 Å². The lowest BCUT2D eigenvalue weighted by Gasteiger charge is -2.38. The van der Waals surface area contributed by atoms with Crippen molar-refractivity contribution in [2.24, 2.45) is 5.92 Å². The van der Waals surface area contributed by atoms with Gasteiger partial charge in [0.1, 0.15) is 11.9 Å². The Morgan fingerprint density at radius 2 is 2.16 bits per heavy atom. The molecule has 0 saturated heterocycles. The summed E-state index contributed by atoms with van der Waals surface area (Å²) in [5.41, 5.74) is 4.53. The van der Waals surface area contributed by atoms with Crippen LogP contribution in [-0.2, 0) is 17.9 Å². The van der Waals surface area contributed by atoms with Crippen LogP contribution in [0.15, 0.2) is 36.8 Å². The third-order valence-corrected chi connectivity index (χ3v) is 5.66. The predicted molar refractivity (Wildman–Crippen MR) is 124 cm³/mol. The van der Waals surface area contributed by atoms with Gasteiger partial charge in [0, 0.05) is 43.2 Å². The zero-order valence-corrected chi connectivity index (χ0v) is 19.1. The number of nitrogens with one attached hydrogen (secondary N) is 2. The van der Waals surface area contributed by atoms with Gasteiger partial charge in [-0.05, 0) is 18.9 Å². The Balaban J connectivity index is 1.47. The predicted octanol–water partition coefficient (Wildman–Crippen LogP) is 3.06. The van der Waals surface area contributed by atoms with Crippen molar-refractivity contribution in [3.63, 3.8) is 0 Å². The zero-order chi connectivity index (χ0) is 22.8. The van der Waals surface area contributed by atoms with Gasteiger partial charge in [0.25, 0.3) is 0 Å². The van der Waals surface area contributed by atoms with Gasteiger partial charge in [-0.2, -0.15) is 5.10 Å².